The van der Waals surface area contributed by atoms with Crippen LogP contribution in [0.25, 0.3) is 82.8 Å². The third kappa shape index (κ3) is 5.84. The van der Waals surface area contributed by atoms with E-state index < -0.39 is 11.7 Å². The van der Waals surface area contributed by atoms with E-state index in [4.69, 9.17) is 0 Å². The van der Waals surface area contributed by atoms with Crippen molar-refractivity contribution in [2.45, 2.75) is 12.6 Å². The second kappa shape index (κ2) is 14.1. The molecule has 1 aliphatic carbocycles. The molecule has 1 aliphatic rings. The van der Waals surface area contributed by atoms with Crippen LogP contribution in [-0.2, 0) is 6.18 Å². The van der Waals surface area contributed by atoms with Gasteiger partial charge in [-0.15, -0.1) is 0 Å². The van der Waals surface area contributed by atoms with Crippen molar-refractivity contribution in [2.75, 3.05) is 0 Å². The Morgan fingerprint density at radius 2 is 1.10 bits per heavy atom. The second-order valence-corrected chi connectivity index (χ2v) is 14.9. The molecule has 0 spiro atoms. The molecule has 0 aliphatic heterocycles. The highest BCUT2D eigenvalue weighted by Gasteiger charge is 2.40. The van der Waals surface area contributed by atoms with Crippen LogP contribution in [-0.4, -0.2) is 9.13 Å². The number of benzene rings is 7. The van der Waals surface area contributed by atoms with E-state index in [0.29, 0.717) is 50.7 Å². The van der Waals surface area contributed by atoms with Gasteiger partial charge in [-0.1, -0.05) is 97.1 Å². The zero-order valence-electron chi connectivity index (χ0n) is 31.7. The van der Waals surface area contributed by atoms with Gasteiger partial charge in [-0.05, 0) is 101 Å². The van der Waals surface area contributed by atoms with Crippen LogP contribution >= 0.6 is 0 Å². The Morgan fingerprint density at radius 3 is 1.77 bits per heavy atom. The first-order valence-corrected chi connectivity index (χ1v) is 19.4. The van der Waals surface area contributed by atoms with Gasteiger partial charge in [0.2, 0.25) is 0 Å². The van der Waals surface area contributed by atoms with Crippen molar-refractivity contribution in [3.05, 3.63) is 186 Å². The first kappa shape index (κ1) is 36.2. The molecule has 1 unspecified atom stereocenters. The van der Waals surface area contributed by atoms with Gasteiger partial charge < -0.3 is 9.13 Å². The molecule has 284 valence electrons. The Bertz CT molecular complexity index is 3450. The lowest BCUT2D eigenvalue weighted by Gasteiger charge is -2.24. The Balaban J connectivity index is 1.31. The van der Waals surface area contributed by atoms with Crippen LogP contribution in [0.2, 0.25) is 0 Å². The van der Waals surface area contributed by atoms with Gasteiger partial charge in [0.05, 0.1) is 68.7 Å². The van der Waals surface area contributed by atoms with E-state index in [-0.39, 0.29) is 17.3 Å². The van der Waals surface area contributed by atoms with Gasteiger partial charge in [0.15, 0.2) is 0 Å². The monoisotopic (exact) mass is 781 g/mol. The molecule has 0 saturated carbocycles. The van der Waals surface area contributed by atoms with Crippen LogP contribution in [0.5, 0.6) is 0 Å². The Morgan fingerprint density at radius 1 is 0.533 bits per heavy atom. The minimum absolute atomic E-state index is 0.0503. The zero-order valence-corrected chi connectivity index (χ0v) is 31.7. The molecule has 2 aromatic heterocycles. The number of hydrogen-bond acceptors (Lipinski definition) is 3. The van der Waals surface area contributed by atoms with Crippen LogP contribution in [0.3, 0.4) is 0 Å². The van der Waals surface area contributed by atoms with Crippen LogP contribution in [0, 0.1) is 39.9 Å². The van der Waals surface area contributed by atoms with Gasteiger partial charge >= 0.3 is 6.18 Å². The maximum atomic E-state index is 16.5. The third-order valence-electron chi connectivity index (χ3n) is 11.4. The highest BCUT2D eigenvalue weighted by molar-refractivity contribution is 6.12. The molecular formula is C52H30F3N5. The summed E-state index contributed by atoms with van der Waals surface area (Å²) >= 11 is 0. The average Bonchev–Trinajstić information content (AvgIpc) is 3.80. The summed E-state index contributed by atoms with van der Waals surface area (Å²) in [5.41, 5.74) is 6.40. The van der Waals surface area contributed by atoms with Gasteiger partial charge in [-0.25, -0.2) is 0 Å². The van der Waals surface area contributed by atoms with Crippen LogP contribution in [0.1, 0.15) is 28.7 Å². The highest BCUT2D eigenvalue weighted by atomic mass is 19.4. The van der Waals surface area contributed by atoms with Crippen molar-refractivity contribution < 1.29 is 13.2 Å². The lowest BCUT2D eigenvalue weighted by molar-refractivity contribution is -0.137. The van der Waals surface area contributed by atoms with Crippen molar-refractivity contribution in [1.82, 2.24) is 9.13 Å². The number of aromatic nitrogens is 2. The molecule has 10 rings (SSSR count). The minimum Gasteiger partial charge on any atom is -0.309 e. The van der Waals surface area contributed by atoms with Crippen LogP contribution < -0.4 is 0 Å². The molecule has 5 nitrogen and oxygen atoms in total. The molecule has 0 amide bonds. The molecule has 7 aromatic carbocycles. The quantitative estimate of drug-likeness (QED) is 0.174. The van der Waals surface area contributed by atoms with E-state index in [1.54, 1.807) is 51.6 Å². The number of halogens is 3. The fourth-order valence-electron chi connectivity index (χ4n) is 8.81. The summed E-state index contributed by atoms with van der Waals surface area (Å²) in [5, 5.41) is 32.2. The van der Waals surface area contributed by atoms with E-state index in [1.807, 2.05) is 115 Å². The minimum atomic E-state index is -4.87. The molecule has 0 fully saturated rings. The van der Waals surface area contributed by atoms with E-state index in [0.717, 1.165) is 43.8 Å². The Hall–Kier alpha value is -8.12. The summed E-state index contributed by atoms with van der Waals surface area (Å²) in [6.45, 7) is 0. The summed E-state index contributed by atoms with van der Waals surface area (Å²) in [6.07, 6.45) is 1.64. The van der Waals surface area contributed by atoms with E-state index in [9.17, 15) is 15.8 Å². The maximum absolute atomic E-state index is 16.5. The zero-order chi connectivity index (χ0) is 41.1. The van der Waals surface area contributed by atoms with Crippen molar-refractivity contribution in [1.29, 1.82) is 15.8 Å². The number of allylic oxidation sites excluding steroid dienone is 4. The van der Waals surface area contributed by atoms with Gasteiger partial charge in [0, 0.05) is 27.1 Å². The normalized spacial score (nSPS) is 14.0. The summed E-state index contributed by atoms with van der Waals surface area (Å²) in [7, 11) is 0. The average molecular weight is 782 g/mol. The fourth-order valence-corrected chi connectivity index (χ4v) is 8.81. The number of para-hydroxylation sites is 2. The number of hydrogen-bond donors (Lipinski definition) is 0. The first-order valence-electron chi connectivity index (χ1n) is 19.4. The summed E-state index contributed by atoms with van der Waals surface area (Å²) in [5.74, 6) is -0.270. The molecule has 0 radical (unpaired) electrons. The van der Waals surface area contributed by atoms with Crippen LogP contribution in [0.15, 0.2) is 164 Å². The molecule has 60 heavy (non-hydrogen) atoms. The summed E-state index contributed by atoms with van der Waals surface area (Å²) < 4.78 is 53.0. The number of fused-ring (bicyclic) bond motifs is 6. The molecule has 0 N–H and O–H groups in total. The smallest absolute Gasteiger partial charge is 0.309 e. The van der Waals surface area contributed by atoms with E-state index >= 15 is 13.2 Å². The first-order chi connectivity index (χ1) is 29.2. The number of rotatable bonds is 5. The standard InChI is InChI=1S/C52H30F3N5/c53-52(54,55)50-49(59-45-16-3-1-14-41(45)43-27-37(18-21-47(43)59)35-11-5-8-32(24-35)29-56)23-20-40(39-13-7-10-34(26-39)31-58)51(50)60-46-17-4-2-15-42(46)44-28-38(19-22-48(44)60)36-12-6-9-33(25-36)30-57/h1-8,10-28,33H,9H2. The summed E-state index contributed by atoms with van der Waals surface area (Å²) in [4.78, 5) is 0. The van der Waals surface area contributed by atoms with Crippen molar-refractivity contribution in [3.63, 3.8) is 0 Å². The molecular weight excluding hydrogens is 752 g/mol. The fraction of sp³-hybridized carbons (Fsp3) is 0.0577. The summed E-state index contributed by atoms with van der Waals surface area (Å²) in [6, 6.07) is 50.3. The lowest BCUT2D eigenvalue weighted by Crippen LogP contribution is -2.16. The Kier molecular flexibility index (Phi) is 8.49. The highest BCUT2D eigenvalue weighted by Crippen LogP contribution is 2.48. The second-order valence-electron chi connectivity index (χ2n) is 14.9. The number of nitriles is 3. The van der Waals surface area contributed by atoms with Crippen molar-refractivity contribution >= 4 is 49.2 Å². The van der Waals surface area contributed by atoms with Crippen molar-refractivity contribution in [2.24, 2.45) is 5.92 Å². The Labute approximate surface area is 342 Å². The van der Waals surface area contributed by atoms with Gasteiger partial charge in [-0.2, -0.15) is 29.0 Å². The molecule has 8 heteroatoms. The number of nitrogens with zero attached hydrogens (tertiary/aromatic N) is 5. The van der Waals surface area contributed by atoms with E-state index in [1.165, 1.54) is 6.07 Å². The van der Waals surface area contributed by atoms with Gasteiger partial charge in [0.25, 0.3) is 0 Å². The molecule has 2 heterocycles. The molecule has 0 saturated heterocycles. The molecule has 9 aromatic rings. The molecule has 1 atom stereocenters. The largest absolute Gasteiger partial charge is 0.420 e. The van der Waals surface area contributed by atoms with E-state index in [2.05, 4.69) is 18.2 Å². The maximum Gasteiger partial charge on any atom is 0.420 e. The molecule has 0 bridgehead atoms. The predicted octanol–water partition coefficient (Wildman–Crippen LogP) is 13.5. The predicted molar refractivity (Wildman–Crippen MR) is 231 cm³/mol. The lowest BCUT2D eigenvalue weighted by atomic mass is 9.92. The van der Waals surface area contributed by atoms with Gasteiger partial charge in [0.1, 0.15) is 5.56 Å². The van der Waals surface area contributed by atoms with Crippen LogP contribution in [0.4, 0.5) is 13.2 Å². The topological polar surface area (TPSA) is 81.2 Å². The van der Waals surface area contributed by atoms with Gasteiger partial charge in [-0.3, -0.25) is 0 Å². The number of alkyl halides is 3. The SMILES string of the molecule is N#Cc1cccc(-c2ccc3c(c2)c2ccccc2n3-c2ccc(-c3cccc(C#N)c3)c(-n3c4ccccc4c4cc(C5=CC(C#N)CC=C5)ccc43)c2C(F)(F)F)c1. The van der Waals surface area contributed by atoms with Crippen molar-refractivity contribution in [3.8, 4) is 51.8 Å². The third-order valence-corrected chi connectivity index (χ3v) is 11.4.